The Labute approximate surface area is 215 Å². The molecule has 0 fully saturated rings. The molecule has 0 aliphatic heterocycles. The highest BCUT2D eigenvalue weighted by Crippen LogP contribution is 2.42. The van der Waals surface area contributed by atoms with Crippen molar-refractivity contribution in [3.63, 3.8) is 0 Å². The van der Waals surface area contributed by atoms with Crippen molar-refractivity contribution in [2.45, 2.75) is 6.54 Å². The zero-order chi connectivity index (χ0) is 25.0. The van der Waals surface area contributed by atoms with Crippen LogP contribution < -0.4 is 0 Å². The van der Waals surface area contributed by atoms with E-state index in [2.05, 4.69) is 53.2 Å². The first-order valence-corrected chi connectivity index (χ1v) is 12.2. The van der Waals surface area contributed by atoms with Crippen LogP contribution in [0.15, 0.2) is 131 Å². The molecule has 0 saturated heterocycles. The number of nitriles is 1. The molecule has 0 spiro atoms. The first kappa shape index (κ1) is 22.3. The lowest BCUT2D eigenvalue weighted by Crippen LogP contribution is -1.97. The lowest BCUT2D eigenvalue weighted by Gasteiger charge is -2.05. The summed E-state index contributed by atoms with van der Waals surface area (Å²) in [4.78, 5) is 4.72. The minimum absolute atomic E-state index is 0.306. The molecule has 4 heteroatoms. The molecule has 37 heavy (non-hydrogen) atoms. The second-order valence-electron chi connectivity index (χ2n) is 8.80. The van der Waals surface area contributed by atoms with Crippen molar-refractivity contribution in [3.05, 3.63) is 138 Å². The Balaban J connectivity index is 1.46. The second-order valence-corrected chi connectivity index (χ2v) is 8.80. The molecular weight excluding hydrogens is 454 g/mol. The van der Waals surface area contributed by atoms with Gasteiger partial charge in [-0.15, -0.1) is 0 Å². The predicted molar refractivity (Wildman–Crippen MR) is 149 cm³/mol. The summed E-state index contributed by atoms with van der Waals surface area (Å²) in [6.07, 6.45) is 3.90. The summed E-state index contributed by atoms with van der Waals surface area (Å²) >= 11 is 0. The number of para-hydroxylation sites is 1. The molecule has 0 saturated carbocycles. The van der Waals surface area contributed by atoms with Crippen LogP contribution in [0.3, 0.4) is 0 Å². The molecule has 0 unspecified atom stereocenters. The molecule has 176 valence electrons. The summed E-state index contributed by atoms with van der Waals surface area (Å²) in [7, 11) is 0. The SMILES string of the molecule is N#Cc1c(N=Cc2cn(Cc3ccccc3)c3ccccc23)oc(-c2ccccc2)c1-c1ccccc1. The Morgan fingerprint density at radius 3 is 2.08 bits per heavy atom. The van der Waals surface area contributed by atoms with Crippen molar-refractivity contribution in [2.24, 2.45) is 4.99 Å². The Bertz CT molecular complexity index is 1740. The van der Waals surface area contributed by atoms with Crippen molar-refractivity contribution in [3.8, 4) is 28.5 Å². The molecule has 4 aromatic carbocycles. The van der Waals surface area contributed by atoms with E-state index in [0.29, 0.717) is 17.2 Å². The molecule has 6 aromatic rings. The monoisotopic (exact) mass is 477 g/mol. The van der Waals surface area contributed by atoms with Gasteiger partial charge in [0, 0.05) is 46.5 Å². The smallest absolute Gasteiger partial charge is 0.238 e. The minimum Gasteiger partial charge on any atom is -0.436 e. The standard InChI is InChI=1S/C33H23N3O/c34-20-29-31(25-14-6-2-7-15-25)32(26-16-8-3-9-17-26)37-33(29)35-21-27-23-36(22-24-12-4-1-5-13-24)30-19-11-10-18-28(27)30/h1-19,21,23H,22H2. The number of benzene rings is 4. The average molecular weight is 478 g/mol. The topological polar surface area (TPSA) is 54.2 Å². The molecule has 2 aromatic heterocycles. The molecule has 2 heterocycles. The van der Waals surface area contributed by atoms with E-state index >= 15 is 0 Å². The van der Waals surface area contributed by atoms with Crippen LogP contribution in [0.4, 0.5) is 5.88 Å². The van der Waals surface area contributed by atoms with Crippen LogP contribution in [0.5, 0.6) is 0 Å². The van der Waals surface area contributed by atoms with Crippen molar-refractivity contribution in [1.29, 1.82) is 5.26 Å². The van der Waals surface area contributed by atoms with Crippen molar-refractivity contribution in [2.75, 3.05) is 0 Å². The Morgan fingerprint density at radius 2 is 1.38 bits per heavy atom. The maximum Gasteiger partial charge on any atom is 0.238 e. The van der Waals surface area contributed by atoms with Gasteiger partial charge in [0.25, 0.3) is 0 Å². The van der Waals surface area contributed by atoms with E-state index in [9.17, 15) is 5.26 Å². The number of aliphatic imine (C=N–C) groups is 1. The largest absolute Gasteiger partial charge is 0.436 e. The molecule has 0 radical (unpaired) electrons. The highest BCUT2D eigenvalue weighted by Gasteiger charge is 2.22. The number of nitrogens with zero attached hydrogens (tertiary/aromatic N) is 3. The number of rotatable bonds is 6. The van der Waals surface area contributed by atoms with Gasteiger partial charge in [-0.05, 0) is 17.2 Å². The van der Waals surface area contributed by atoms with Gasteiger partial charge in [-0.3, -0.25) is 0 Å². The molecular formula is C33H23N3O. The number of aromatic nitrogens is 1. The van der Waals surface area contributed by atoms with Gasteiger partial charge in [0.1, 0.15) is 17.4 Å². The summed E-state index contributed by atoms with van der Waals surface area (Å²) in [6.45, 7) is 0.760. The molecule has 0 aliphatic carbocycles. The van der Waals surface area contributed by atoms with Crippen LogP contribution in [0.2, 0.25) is 0 Å². The van der Waals surface area contributed by atoms with Gasteiger partial charge >= 0.3 is 0 Å². The highest BCUT2D eigenvalue weighted by atomic mass is 16.4. The minimum atomic E-state index is 0.306. The third-order valence-corrected chi connectivity index (χ3v) is 6.44. The number of hydrogen-bond donors (Lipinski definition) is 0. The molecule has 0 amide bonds. The van der Waals surface area contributed by atoms with Crippen LogP contribution in [0, 0.1) is 11.3 Å². The van der Waals surface area contributed by atoms with E-state index in [1.54, 1.807) is 6.21 Å². The Hall–Kier alpha value is -5.14. The van der Waals surface area contributed by atoms with Gasteiger partial charge < -0.3 is 8.98 Å². The summed E-state index contributed by atoms with van der Waals surface area (Å²) in [5.41, 5.74) is 6.32. The highest BCUT2D eigenvalue weighted by molar-refractivity contribution is 6.00. The van der Waals surface area contributed by atoms with Gasteiger partial charge in [-0.1, -0.05) is 109 Å². The van der Waals surface area contributed by atoms with Gasteiger partial charge in [0.05, 0.1) is 0 Å². The molecule has 0 bridgehead atoms. The molecule has 6 rings (SSSR count). The third-order valence-electron chi connectivity index (χ3n) is 6.44. The summed E-state index contributed by atoms with van der Waals surface area (Å²) < 4.78 is 8.51. The third kappa shape index (κ3) is 4.35. The van der Waals surface area contributed by atoms with Crippen molar-refractivity contribution >= 4 is 23.0 Å². The first-order chi connectivity index (χ1) is 18.3. The molecule has 0 N–H and O–H groups in total. The van der Waals surface area contributed by atoms with E-state index in [4.69, 9.17) is 9.41 Å². The number of hydrogen-bond acceptors (Lipinski definition) is 3. The van der Waals surface area contributed by atoms with Crippen LogP contribution >= 0.6 is 0 Å². The summed E-state index contributed by atoms with van der Waals surface area (Å²) in [6, 6.07) is 40.7. The first-order valence-electron chi connectivity index (χ1n) is 12.2. The molecule has 4 nitrogen and oxygen atoms in total. The van der Waals surface area contributed by atoms with Crippen LogP contribution in [0.25, 0.3) is 33.4 Å². The fourth-order valence-corrected chi connectivity index (χ4v) is 4.70. The van der Waals surface area contributed by atoms with Crippen molar-refractivity contribution < 1.29 is 4.42 Å². The van der Waals surface area contributed by atoms with Gasteiger partial charge in [0.15, 0.2) is 0 Å². The predicted octanol–water partition coefficient (Wildman–Crippen LogP) is 8.24. The van der Waals surface area contributed by atoms with E-state index in [-0.39, 0.29) is 0 Å². The van der Waals surface area contributed by atoms with Crippen LogP contribution in [-0.4, -0.2) is 10.8 Å². The quantitative estimate of drug-likeness (QED) is 0.227. The van der Waals surface area contributed by atoms with Crippen molar-refractivity contribution in [1.82, 2.24) is 4.57 Å². The van der Waals surface area contributed by atoms with Crippen LogP contribution in [-0.2, 0) is 6.54 Å². The van der Waals surface area contributed by atoms with E-state index in [0.717, 1.165) is 39.7 Å². The number of fused-ring (bicyclic) bond motifs is 1. The lowest BCUT2D eigenvalue weighted by molar-refractivity contribution is 0.593. The van der Waals surface area contributed by atoms with E-state index in [1.807, 2.05) is 78.9 Å². The zero-order valence-electron chi connectivity index (χ0n) is 20.1. The molecule has 0 atom stereocenters. The van der Waals surface area contributed by atoms with E-state index < -0.39 is 0 Å². The zero-order valence-corrected chi connectivity index (χ0v) is 20.1. The van der Waals surface area contributed by atoms with Gasteiger partial charge in [-0.25, -0.2) is 4.99 Å². The summed E-state index contributed by atoms with van der Waals surface area (Å²) in [5, 5.41) is 11.3. The normalized spacial score (nSPS) is 11.2. The fourth-order valence-electron chi connectivity index (χ4n) is 4.70. The second kappa shape index (κ2) is 9.85. The van der Waals surface area contributed by atoms with Crippen LogP contribution in [0.1, 0.15) is 16.7 Å². The maximum absolute atomic E-state index is 10.2. The Kier molecular flexibility index (Phi) is 5.94. The maximum atomic E-state index is 10.2. The Morgan fingerprint density at radius 1 is 0.757 bits per heavy atom. The van der Waals surface area contributed by atoms with Gasteiger partial charge in [-0.2, -0.15) is 5.26 Å². The lowest BCUT2D eigenvalue weighted by atomic mass is 9.98. The summed E-state index contributed by atoms with van der Waals surface area (Å²) in [5.74, 6) is 0.946. The average Bonchev–Trinajstić information content (AvgIpc) is 3.51. The fraction of sp³-hybridized carbons (Fsp3) is 0.0303. The van der Waals surface area contributed by atoms with Gasteiger partial charge in [0.2, 0.25) is 5.88 Å². The van der Waals surface area contributed by atoms with E-state index in [1.165, 1.54) is 5.56 Å². The molecule has 0 aliphatic rings. The number of furan rings is 1.